The van der Waals surface area contributed by atoms with Crippen molar-refractivity contribution < 1.29 is 19.4 Å². The highest BCUT2D eigenvalue weighted by atomic mass is 35.5. The second-order valence-electron chi connectivity index (χ2n) is 4.44. The molecule has 2 aromatic rings. The SMILES string of the molecule is COc1ccc(C(O)CNC(=O)c2ccc(Cl)s2)cc1OC. The lowest BCUT2D eigenvalue weighted by Crippen LogP contribution is -2.27. The maximum atomic E-state index is 11.9. The molecule has 1 atom stereocenters. The molecule has 2 rings (SSSR count). The molecule has 0 saturated heterocycles. The zero-order valence-electron chi connectivity index (χ0n) is 12.1. The summed E-state index contributed by atoms with van der Waals surface area (Å²) in [7, 11) is 3.07. The summed E-state index contributed by atoms with van der Waals surface area (Å²) in [4.78, 5) is 12.4. The van der Waals surface area contributed by atoms with Gasteiger partial charge in [-0.25, -0.2) is 0 Å². The van der Waals surface area contributed by atoms with Gasteiger partial charge in [0.25, 0.3) is 5.91 Å². The van der Waals surface area contributed by atoms with E-state index >= 15 is 0 Å². The molecule has 1 amide bonds. The van der Waals surface area contributed by atoms with Gasteiger partial charge in [-0.3, -0.25) is 4.79 Å². The lowest BCUT2D eigenvalue weighted by Gasteiger charge is -2.14. The molecule has 0 radical (unpaired) electrons. The fraction of sp³-hybridized carbons (Fsp3) is 0.267. The number of ether oxygens (including phenoxy) is 2. The number of nitrogens with one attached hydrogen (secondary N) is 1. The van der Waals surface area contributed by atoms with Crippen molar-refractivity contribution in [2.75, 3.05) is 20.8 Å². The fourth-order valence-corrected chi connectivity index (χ4v) is 2.85. The number of thiophene rings is 1. The van der Waals surface area contributed by atoms with Crippen LogP contribution in [0.1, 0.15) is 21.3 Å². The maximum absolute atomic E-state index is 11.9. The molecule has 5 nitrogen and oxygen atoms in total. The Hall–Kier alpha value is -1.76. The summed E-state index contributed by atoms with van der Waals surface area (Å²) in [6.07, 6.45) is -0.848. The van der Waals surface area contributed by atoms with E-state index in [2.05, 4.69) is 5.32 Å². The monoisotopic (exact) mass is 341 g/mol. The van der Waals surface area contributed by atoms with E-state index in [1.165, 1.54) is 18.4 Å². The van der Waals surface area contributed by atoms with Gasteiger partial charge in [0.1, 0.15) is 0 Å². The average Bonchev–Trinajstić information content (AvgIpc) is 2.98. The predicted molar refractivity (Wildman–Crippen MR) is 86.2 cm³/mol. The van der Waals surface area contributed by atoms with E-state index in [9.17, 15) is 9.90 Å². The van der Waals surface area contributed by atoms with Crippen LogP contribution in [-0.2, 0) is 0 Å². The predicted octanol–water partition coefficient (Wildman–Crippen LogP) is 2.88. The highest BCUT2D eigenvalue weighted by Gasteiger charge is 2.14. The van der Waals surface area contributed by atoms with Gasteiger partial charge >= 0.3 is 0 Å². The smallest absolute Gasteiger partial charge is 0.261 e. The number of benzene rings is 1. The van der Waals surface area contributed by atoms with Gasteiger partial charge in [-0.05, 0) is 29.8 Å². The van der Waals surface area contributed by atoms with E-state index in [1.807, 2.05) is 0 Å². The van der Waals surface area contributed by atoms with Gasteiger partial charge in [-0.1, -0.05) is 17.7 Å². The Bertz CT molecular complexity index is 659. The zero-order valence-corrected chi connectivity index (χ0v) is 13.7. The number of aliphatic hydroxyl groups excluding tert-OH is 1. The molecule has 2 N–H and O–H groups in total. The van der Waals surface area contributed by atoms with Crippen LogP contribution in [0.25, 0.3) is 0 Å². The molecule has 118 valence electrons. The highest BCUT2D eigenvalue weighted by Crippen LogP contribution is 2.29. The number of carbonyl (C=O) groups is 1. The first-order valence-corrected chi connectivity index (χ1v) is 7.68. The molecule has 0 aliphatic carbocycles. The van der Waals surface area contributed by atoms with Crippen molar-refractivity contribution in [2.45, 2.75) is 6.10 Å². The van der Waals surface area contributed by atoms with Crippen LogP contribution in [0.2, 0.25) is 4.34 Å². The standard InChI is InChI=1S/C15H16ClNO4S/c1-20-11-4-3-9(7-12(11)21-2)10(18)8-17-15(19)13-5-6-14(16)22-13/h3-7,10,18H,8H2,1-2H3,(H,17,19). The van der Waals surface area contributed by atoms with Crippen LogP contribution in [0.5, 0.6) is 11.5 Å². The number of rotatable bonds is 6. The summed E-state index contributed by atoms with van der Waals surface area (Å²) in [6.45, 7) is 0.0871. The number of aliphatic hydroxyl groups is 1. The molecule has 1 aromatic carbocycles. The number of amides is 1. The molecule has 22 heavy (non-hydrogen) atoms. The molecular weight excluding hydrogens is 326 g/mol. The Morgan fingerprint density at radius 2 is 2.00 bits per heavy atom. The van der Waals surface area contributed by atoms with Gasteiger partial charge in [0, 0.05) is 6.54 Å². The van der Waals surface area contributed by atoms with Crippen molar-refractivity contribution in [1.82, 2.24) is 5.32 Å². The normalized spacial score (nSPS) is 11.8. The second kappa shape index (κ2) is 7.49. The minimum Gasteiger partial charge on any atom is -0.493 e. The molecule has 0 spiro atoms. The molecule has 1 aromatic heterocycles. The van der Waals surface area contributed by atoms with E-state index in [-0.39, 0.29) is 12.5 Å². The van der Waals surface area contributed by atoms with Crippen LogP contribution >= 0.6 is 22.9 Å². The molecule has 1 heterocycles. The van der Waals surface area contributed by atoms with Gasteiger partial charge in [-0.15, -0.1) is 11.3 Å². The number of halogens is 1. The lowest BCUT2D eigenvalue weighted by molar-refractivity contribution is 0.0920. The van der Waals surface area contributed by atoms with Crippen LogP contribution in [0.15, 0.2) is 30.3 Å². The van der Waals surface area contributed by atoms with Crippen LogP contribution in [0.3, 0.4) is 0 Å². The Balaban J connectivity index is 2.00. The maximum Gasteiger partial charge on any atom is 0.261 e. The largest absolute Gasteiger partial charge is 0.493 e. The second-order valence-corrected chi connectivity index (χ2v) is 6.16. The third kappa shape index (κ3) is 3.91. The van der Waals surface area contributed by atoms with Crippen molar-refractivity contribution in [2.24, 2.45) is 0 Å². The molecule has 0 aliphatic heterocycles. The van der Waals surface area contributed by atoms with Crippen molar-refractivity contribution in [1.29, 1.82) is 0 Å². The zero-order chi connectivity index (χ0) is 16.1. The van der Waals surface area contributed by atoms with Gasteiger partial charge in [-0.2, -0.15) is 0 Å². The first-order chi connectivity index (χ1) is 10.5. The van der Waals surface area contributed by atoms with Gasteiger partial charge in [0.2, 0.25) is 0 Å². The van der Waals surface area contributed by atoms with Crippen molar-refractivity contribution >= 4 is 28.8 Å². The van der Waals surface area contributed by atoms with Gasteiger partial charge in [0.05, 0.1) is 29.5 Å². The number of carbonyl (C=O) groups excluding carboxylic acids is 1. The minimum atomic E-state index is -0.848. The third-order valence-electron chi connectivity index (χ3n) is 3.05. The van der Waals surface area contributed by atoms with E-state index in [4.69, 9.17) is 21.1 Å². The first kappa shape index (κ1) is 16.6. The lowest BCUT2D eigenvalue weighted by atomic mass is 10.1. The Labute approximate surface area is 137 Å². The van der Waals surface area contributed by atoms with Crippen LogP contribution in [0, 0.1) is 0 Å². The molecule has 1 unspecified atom stereocenters. The molecule has 0 aliphatic rings. The average molecular weight is 342 g/mol. The summed E-state index contributed by atoms with van der Waals surface area (Å²) in [5.41, 5.74) is 0.627. The van der Waals surface area contributed by atoms with Gasteiger partial charge < -0.3 is 19.9 Å². The van der Waals surface area contributed by atoms with E-state index < -0.39 is 6.10 Å². The summed E-state index contributed by atoms with van der Waals surface area (Å²) in [5, 5.41) is 12.8. The fourth-order valence-electron chi connectivity index (χ4n) is 1.89. The van der Waals surface area contributed by atoms with Crippen LogP contribution in [-0.4, -0.2) is 31.8 Å². The van der Waals surface area contributed by atoms with E-state index in [0.29, 0.717) is 26.3 Å². The number of hydrogen-bond acceptors (Lipinski definition) is 5. The van der Waals surface area contributed by atoms with Crippen molar-refractivity contribution in [3.8, 4) is 11.5 Å². The highest BCUT2D eigenvalue weighted by molar-refractivity contribution is 7.17. The van der Waals surface area contributed by atoms with Crippen molar-refractivity contribution in [3.05, 3.63) is 45.1 Å². The van der Waals surface area contributed by atoms with E-state index in [1.54, 1.807) is 37.4 Å². The molecule has 7 heteroatoms. The van der Waals surface area contributed by atoms with Crippen LogP contribution < -0.4 is 14.8 Å². The summed E-state index contributed by atoms with van der Waals surface area (Å²) >= 11 is 6.98. The Kier molecular flexibility index (Phi) is 5.65. The topological polar surface area (TPSA) is 67.8 Å². The third-order valence-corrected chi connectivity index (χ3v) is 4.28. The Morgan fingerprint density at radius 1 is 1.27 bits per heavy atom. The van der Waals surface area contributed by atoms with Crippen LogP contribution in [0.4, 0.5) is 0 Å². The summed E-state index contributed by atoms with van der Waals surface area (Å²) < 4.78 is 10.9. The minimum absolute atomic E-state index is 0.0871. The quantitative estimate of drug-likeness (QED) is 0.847. The first-order valence-electron chi connectivity index (χ1n) is 6.48. The number of methoxy groups -OCH3 is 2. The summed E-state index contributed by atoms with van der Waals surface area (Å²) in [6, 6.07) is 8.41. The molecule has 0 saturated carbocycles. The molecular formula is C15H16ClNO4S. The van der Waals surface area contributed by atoms with Gasteiger partial charge in [0.15, 0.2) is 11.5 Å². The van der Waals surface area contributed by atoms with Crippen molar-refractivity contribution in [3.63, 3.8) is 0 Å². The summed E-state index contributed by atoms with van der Waals surface area (Å²) in [5.74, 6) is 0.836. The number of hydrogen-bond donors (Lipinski definition) is 2. The van der Waals surface area contributed by atoms with E-state index in [0.717, 1.165) is 0 Å². The molecule has 0 bridgehead atoms. The Morgan fingerprint density at radius 3 is 2.59 bits per heavy atom. The molecule has 0 fully saturated rings.